The summed E-state index contributed by atoms with van der Waals surface area (Å²) in [6.07, 6.45) is 0.175. The molecule has 0 saturated heterocycles. The van der Waals surface area contributed by atoms with E-state index in [1.54, 1.807) is 6.92 Å². The first-order chi connectivity index (χ1) is 8.04. The molecule has 6 heteroatoms. The monoisotopic (exact) mass is 246 g/mol. The van der Waals surface area contributed by atoms with Gasteiger partial charge in [0.2, 0.25) is 5.91 Å². The van der Waals surface area contributed by atoms with Crippen LogP contribution < -0.4 is 10.6 Å². The SMILES string of the molecule is CCNC(=O)CCNc1cc(F)c(F)c(F)c1. The van der Waals surface area contributed by atoms with Gasteiger partial charge in [0.15, 0.2) is 17.5 Å². The van der Waals surface area contributed by atoms with Crippen LogP contribution in [0, 0.1) is 17.5 Å². The lowest BCUT2D eigenvalue weighted by molar-refractivity contribution is -0.120. The minimum Gasteiger partial charge on any atom is -0.384 e. The van der Waals surface area contributed by atoms with Crippen LogP contribution in [0.3, 0.4) is 0 Å². The lowest BCUT2D eigenvalue weighted by atomic mass is 10.2. The fourth-order valence-corrected chi connectivity index (χ4v) is 1.26. The zero-order chi connectivity index (χ0) is 12.8. The van der Waals surface area contributed by atoms with Crippen LogP contribution in [0.1, 0.15) is 13.3 Å². The van der Waals surface area contributed by atoms with Crippen molar-refractivity contribution < 1.29 is 18.0 Å². The molecule has 1 rings (SSSR count). The summed E-state index contributed by atoms with van der Waals surface area (Å²) in [5.41, 5.74) is 0.102. The molecule has 0 aliphatic carbocycles. The molecule has 0 aromatic heterocycles. The van der Waals surface area contributed by atoms with E-state index in [0.29, 0.717) is 6.54 Å². The summed E-state index contributed by atoms with van der Waals surface area (Å²) in [6, 6.07) is 1.69. The molecule has 1 aromatic rings. The average molecular weight is 246 g/mol. The van der Waals surface area contributed by atoms with Crippen molar-refractivity contribution in [2.24, 2.45) is 0 Å². The molecule has 0 bridgehead atoms. The predicted molar refractivity (Wildman–Crippen MR) is 58.1 cm³/mol. The molecule has 0 spiro atoms. The van der Waals surface area contributed by atoms with Gasteiger partial charge in [-0.25, -0.2) is 13.2 Å². The Balaban J connectivity index is 2.50. The summed E-state index contributed by atoms with van der Waals surface area (Å²) in [5.74, 6) is -4.18. The van der Waals surface area contributed by atoms with E-state index in [2.05, 4.69) is 10.6 Å². The molecule has 0 atom stereocenters. The lowest BCUT2D eigenvalue weighted by Crippen LogP contribution is -2.24. The van der Waals surface area contributed by atoms with Crippen LogP contribution in [0.15, 0.2) is 12.1 Å². The summed E-state index contributed by atoms with van der Waals surface area (Å²) in [6.45, 7) is 2.53. The van der Waals surface area contributed by atoms with Crippen molar-refractivity contribution in [3.05, 3.63) is 29.6 Å². The second-order valence-electron chi connectivity index (χ2n) is 3.38. The minimum atomic E-state index is -1.50. The van der Waals surface area contributed by atoms with E-state index in [-0.39, 0.29) is 24.6 Å². The van der Waals surface area contributed by atoms with Gasteiger partial charge in [0.1, 0.15) is 0 Å². The highest BCUT2D eigenvalue weighted by molar-refractivity contribution is 5.76. The zero-order valence-electron chi connectivity index (χ0n) is 9.32. The number of carbonyl (C=O) groups excluding carboxylic acids is 1. The Morgan fingerprint density at radius 2 is 1.82 bits per heavy atom. The van der Waals surface area contributed by atoms with Crippen LogP contribution in [-0.4, -0.2) is 19.0 Å². The van der Waals surface area contributed by atoms with Gasteiger partial charge < -0.3 is 10.6 Å². The summed E-state index contributed by atoms with van der Waals surface area (Å²) in [5, 5.41) is 5.21. The predicted octanol–water partition coefficient (Wildman–Crippen LogP) is 2.04. The second-order valence-corrected chi connectivity index (χ2v) is 3.38. The molecule has 0 aliphatic heterocycles. The maximum absolute atomic E-state index is 12.8. The molecular formula is C11H13F3N2O. The van der Waals surface area contributed by atoms with Crippen LogP contribution >= 0.6 is 0 Å². The average Bonchev–Trinajstić information content (AvgIpc) is 2.26. The number of rotatable bonds is 5. The number of anilines is 1. The maximum Gasteiger partial charge on any atom is 0.221 e. The van der Waals surface area contributed by atoms with Gasteiger partial charge in [-0.15, -0.1) is 0 Å². The molecule has 1 aromatic carbocycles. The normalized spacial score (nSPS) is 10.1. The van der Waals surface area contributed by atoms with Crippen LogP contribution in [0.4, 0.5) is 18.9 Å². The van der Waals surface area contributed by atoms with Crippen molar-refractivity contribution in [1.82, 2.24) is 5.32 Å². The molecule has 0 fully saturated rings. The largest absolute Gasteiger partial charge is 0.384 e. The molecule has 0 heterocycles. The van der Waals surface area contributed by atoms with Gasteiger partial charge in [-0.2, -0.15) is 0 Å². The number of amides is 1. The van der Waals surface area contributed by atoms with Gasteiger partial charge in [-0.05, 0) is 6.92 Å². The van der Waals surface area contributed by atoms with Gasteiger partial charge in [0, 0.05) is 37.3 Å². The van der Waals surface area contributed by atoms with E-state index in [4.69, 9.17) is 0 Å². The molecule has 0 unspecified atom stereocenters. The van der Waals surface area contributed by atoms with Gasteiger partial charge in [0.05, 0.1) is 0 Å². The van der Waals surface area contributed by atoms with Crippen molar-refractivity contribution in [3.8, 4) is 0 Å². The number of halogens is 3. The first-order valence-corrected chi connectivity index (χ1v) is 5.19. The first kappa shape index (κ1) is 13.3. The van der Waals surface area contributed by atoms with Gasteiger partial charge in [-0.3, -0.25) is 4.79 Å². The minimum absolute atomic E-state index is 0.102. The number of hydrogen-bond donors (Lipinski definition) is 2. The van der Waals surface area contributed by atoms with Crippen LogP contribution in [0.5, 0.6) is 0 Å². The smallest absolute Gasteiger partial charge is 0.221 e. The molecule has 0 radical (unpaired) electrons. The Morgan fingerprint density at radius 1 is 1.24 bits per heavy atom. The molecule has 17 heavy (non-hydrogen) atoms. The van der Waals surface area contributed by atoms with E-state index in [1.807, 2.05) is 0 Å². The molecular weight excluding hydrogens is 233 g/mol. The van der Waals surface area contributed by atoms with Crippen molar-refractivity contribution in [2.45, 2.75) is 13.3 Å². The topological polar surface area (TPSA) is 41.1 Å². The fourth-order valence-electron chi connectivity index (χ4n) is 1.26. The number of nitrogens with one attached hydrogen (secondary N) is 2. The Hall–Kier alpha value is -1.72. The quantitative estimate of drug-likeness (QED) is 0.781. The third-order valence-electron chi connectivity index (χ3n) is 2.04. The molecule has 0 aliphatic rings. The second kappa shape index (κ2) is 6.12. The van der Waals surface area contributed by atoms with Gasteiger partial charge >= 0.3 is 0 Å². The third-order valence-corrected chi connectivity index (χ3v) is 2.04. The van der Waals surface area contributed by atoms with E-state index in [9.17, 15) is 18.0 Å². The highest BCUT2D eigenvalue weighted by Crippen LogP contribution is 2.17. The summed E-state index contributed by atoms with van der Waals surface area (Å²) in [7, 11) is 0. The first-order valence-electron chi connectivity index (χ1n) is 5.19. The molecule has 3 nitrogen and oxygen atoms in total. The summed E-state index contributed by atoms with van der Waals surface area (Å²) < 4.78 is 38.2. The van der Waals surface area contributed by atoms with Crippen molar-refractivity contribution in [1.29, 1.82) is 0 Å². The Kier molecular flexibility index (Phi) is 4.81. The van der Waals surface area contributed by atoms with E-state index in [0.717, 1.165) is 12.1 Å². The molecule has 0 saturated carbocycles. The van der Waals surface area contributed by atoms with Crippen LogP contribution in [0.25, 0.3) is 0 Å². The fraction of sp³-hybridized carbons (Fsp3) is 0.364. The van der Waals surface area contributed by atoms with Gasteiger partial charge in [0.25, 0.3) is 0 Å². The van der Waals surface area contributed by atoms with Crippen molar-refractivity contribution in [3.63, 3.8) is 0 Å². The Labute approximate surface area is 97.0 Å². The Bertz CT molecular complexity index is 387. The highest BCUT2D eigenvalue weighted by atomic mass is 19.2. The number of benzene rings is 1. The van der Waals surface area contributed by atoms with E-state index >= 15 is 0 Å². The molecule has 2 N–H and O–H groups in total. The zero-order valence-corrected chi connectivity index (χ0v) is 9.32. The van der Waals surface area contributed by atoms with Crippen molar-refractivity contribution >= 4 is 11.6 Å². The standard InChI is InChI=1S/C11H13F3N2O/c1-2-15-10(17)3-4-16-7-5-8(12)11(14)9(13)6-7/h5-6,16H,2-4H2,1H3,(H,15,17). The van der Waals surface area contributed by atoms with Gasteiger partial charge in [-0.1, -0.05) is 0 Å². The van der Waals surface area contributed by atoms with Crippen LogP contribution in [0.2, 0.25) is 0 Å². The summed E-state index contributed by atoms with van der Waals surface area (Å²) in [4.78, 5) is 11.1. The lowest BCUT2D eigenvalue weighted by Gasteiger charge is -2.07. The van der Waals surface area contributed by atoms with Crippen molar-refractivity contribution in [2.75, 3.05) is 18.4 Å². The number of carbonyl (C=O) groups is 1. The molecule has 94 valence electrons. The third kappa shape index (κ3) is 3.97. The highest BCUT2D eigenvalue weighted by Gasteiger charge is 2.10. The molecule has 1 amide bonds. The van der Waals surface area contributed by atoms with E-state index < -0.39 is 17.5 Å². The Morgan fingerprint density at radius 3 is 2.35 bits per heavy atom. The maximum atomic E-state index is 12.8. The van der Waals surface area contributed by atoms with Crippen LogP contribution in [-0.2, 0) is 4.79 Å². The van der Waals surface area contributed by atoms with E-state index in [1.165, 1.54) is 0 Å². The summed E-state index contributed by atoms with van der Waals surface area (Å²) >= 11 is 0. The number of hydrogen-bond acceptors (Lipinski definition) is 2.